The van der Waals surface area contributed by atoms with Gasteiger partial charge in [-0.05, 0) is 44.5 Å². The van der Waals surface area contributed by atoms with E-state index in [-0.39, 0.29) is 4.90 Å². The molecule has 21 heavy (non-hydrogen) atoms. The zero-order chi connectivity index (χ0) is 15.9. The molecule has 1 aromatic rings. The molecule has 0 fully saturated rings. The first-order chi connectivity index (χ1) is 9.84. The maximum Gasteiger partial charge on any atom is 0.416 e. The third-order valence-electron chi connectivity index (χ3n) is 3.19. The Balaban J connectivity index is 2.46. The highest BCUT2D eigenvalue weighted by molar-refractivity contribution is 7.85. The zero-order valence-electron chi connectivity index (χ0n) is 12.4. The van der Waals surface area contributed by atoms with Crippen molar-refractivity contribution in [1.82, 2.24) is 5.32 Å². The molecule has 0 aliphatic rings. The molecule has 0 saturated carbocycles. The normalized spacial score (nSPS) is 14.9. The van der Waals surface area contributed by atoms with Gasteiger partial charge in [0.05, 0.1) is 16.4 Å². The summed E-state index contributed by atoms with van der Waals surface area (Å²) in [6.45, 7) is 5.05. The van der Waals surface area contributed by atoms with Crippen molar-refractivity contribution in [3.05, 3.63) is 29.8 Å². The molecule has 0 spiro atoms. The number of rotatable bonds is 8. The molecule has 0 aromatic heterocycles. The van der Waals surface area contributed by atoms with Gasteiger partial charge in [0.1, 0.15) is 0 Å². The van der Waals surface area contributed by atoms with Crippen molar-refractivity contribution in [3.63, 3.8) is 0 Å². The van der Waals surface area contributed by atoms with Crippen molar-refractivity contribution in [1.29, 1.82) is 0 Å². The smallest absolute Gasteiger partial charge is 0.315 e. The number of benzene rings is 1. The van der Waals surface area contributed by atoms with Crippen LogP contribution in [0.3, 0.4) is 0 Å². The van der Waals surface area contributed by atoms with Crippen LogP contribution in [-0.4, -0.2) is 22.5 Å². The van der Waals surface area contributed by atoms with Crippen LogP contribution < -0.4 is 5.32 Å². The van der Waals surface area contributed by atoms with Crippen LogP contribution in [0.25, 0.3) is 0 Å². The molecular weight excluding hydrogens is 299 g/mol. The van der Waals surface area contributed by atoms with E-state index in [1.165, 1.54) is 12.1 Å². The molecule has 2 unspecified atom stereocenters. The molecule has 1 aromatic carbocycles. The van der Waals surface area contributed by atoms with Gasteiger partial charge in [-0.2, -0.15) is 13.2 Å². The Bertz CT molecular complexity index is 462. The maximum absolute atomic E-state index is 12.6. The molecule has 0 bridgehead atoms. The molecule has 0 radical (unpaired) electrons. The highest BCUT2D eigenvalue weighted by atomic mass is 32.2. The Labute approximate surface area is 126 Å². The second-order valence-corrected chi connectivity index (χ2v) is 6.60. The summed E-state index contributed by atoms with van der Waals surface area (Å²) in [7, 11) is -1.37. The van der Waals surface area contributed by atoms with E-state index in [1.807, 2.05) is 6.92 Å². The predicted octanol–water partition coefficient (Wildman–Crippen LogP) is 3.98. The maximum atomic E-state index is 12.6. The quantitative estimate of drug-likeness (QED) is 0.734. The van der Waals surface area contributed by atoms with E-state index < -0.39 is 22.5 Å². The largest absolute Gasteiger partial charge is 0.416 e. The van der Waals surface area contributed by atoms with Gasteiger partial charge in [0.25, 0.3) is 0 Å². The molecule has 6 heteroatoms. The highest BCUT2D eigenvalue weighted by Crippen LogP contribution is 2.30. The summed E-state index contributed by atoms with van der Waals surface area (Å²) in [5.41, 5.74) is -0.742. The number of hydrogen-bond acceptors (Lipinski definition) is 2. The van der Waals surface area contributed by atoms with Crippen LogP contribution in [0.2, 0.25) is 0 Å². The summed E-state index contributed by atoms with van der Waals surface area (Å²) in [5, 5.41) is 3.29. The third-order valence-corrected chi connectivity index (χ3v) is 4.63. The second-order valence-electron chi connectivity index (χ2n) is 5.03. The standard InChI is InChI=1S/C15H22F3NOS/c1-3-19-12(2)7-4-5-10-21(20)14-9-6-8-13(11-14)15(16,17)18/h6,8-9,11-12,19H,3-5,7,10H2,1-2H3. The van der Waals surface area contributed by atoms with Crippen molar-refractivity contribution in [3.8, 4) is 0 Å². The van der Waals surface area contributed by atoms with Gasteiger partial charge in [0, 0.05) is 16.7 Å². The van der Waals surface area contributed by atoms with Crippen molar-refractivity contribution in [2.45, 2.75) is 50.2 Å². The Morgan fingerprint density at radius 2 is 2.00 bits per heavy atom. The minimum atomic E-state index is -4.39. The fraction of sp³-hybridized carbons (Fsp3) is 0.600. The van der Waals surface area contributed by atoms with E-state index in [4.69, 9.17) is 0 Å². The summed E-state index contributed by atoms with van der Waals surface area (Å²) >= 11 is 0. The molecule has 2 nitrogen and oxygen atoms in total. The fourth-order valence-electron chi connectivity index (χ4n) is 2.07. The molecule has 0 heterocycles. The van der Waals surface area contributed by atoms with E-state index in [1.54, 1.807) is 0 Å². The van der Waals surface area contributed by atoms with Crippen LogP contribution in [0.15, 0.2) is 29.2 Å². The van der Waals surface area contributed by atoms with E-state index in [0.717, 1.165) is 37.9 Å². The zero-order valence-corrected chi connectivity index (χ0v) is 13.2. The first kappa shape index (κ1) is 18.2. The lowest BCUT2D eigenvalue weighted by Crippen LogP contribution is -2.25. The topological polar surface area (TPSA) is 29.1 Å². The number of nitrogens with one attached hydrogen (secondary N) is 1. The van der Waals surface area contributed by atoms with Crippen molar-refractivity contribution < 1.29 is 17.4 Å². The summed E-state index contributed by atoms with van der Waals surface area (Å²) < 4.78 is 49.8. The predicted molar refractivity (Wildman–Crippen MR) is 79.7 cm³/mol. The Hall–Kier alpha value is -0.880. The van der Waals surface area contributed by atoms with Crippen molar-refractivity contribution in [2.24, 2.45) is 0 Å². The first-order valence-corrected chi connectivity index (χ1v) is 8.45. The van der Waals surface area contributed by atoms with E-state index in [0.29, 0.717) is 11.8 Å². The summed E-state index contributed by atoms with van der Waals surface area (Å²) in [6.07, 6.45) is -1.74. The van der Waals surface area contributed by atoms with E-state index in [2.05, 4.69) is 12.2 Å². The lowest BCUT2D eigenvalue weighted by molar-refractivity contribution is -0.137. The van der Waals surface area contributed by atoms with Crippen LogP contribution in [0.1, 0.15) is 38.7 Å². The number of unbranched alkanes of at least 4 members (excludes halogenated alkanes) is 1. The van der Waals surface area contributed by atoms with Crippen LogP contribution in [0.4, 0.5) is 13.2 Å². The van der Waals surface area contributed by atoms with Crippen molar-refractivity contribution in [2.75, 3.05) is 12.3 Å². The number of hydrogen-bond donors (Lipinski definition) is 1. The molecule has 1 rings (SSSR count). The van der Waals surface area contributed by atoms with Gasteiger partial charge >= 0.3 is 6.18 Å². The molecule has 0 aliphatic heterocycles. The van der Waals surface area contributed by atoms with E-state index >= 15 is 0 Å². The lowest BCUT2D eigenvalue weighted by Gasteiger charge is -2.11. The van der Waals surface area contributed by atoms with Crippen LogP contribution in [0.5, 0.6) is 0 Å². The number of halogens is 3. The molecular formula is C15H22F3NOS. The van der Waals surface area contributed by atoms with Gasteiger partial charge in [-0.1, -0.05) is 19.4 Å². The molecule has 0 saturated heterocycles. The van der Waals surface area contributed by atoms with Gasteiger partial charge in [-0.3, -0.25) is 4.21 Å². The number of alkyl halides is 3. The summed E-state index contributed by atoms with van der Waals surface area (Å²) in [4.78, 5) is 0.254. The SMILES string of the molecule is CCNC(C)CCCCS(=O)c1cccc(C(F)(F)F)c1. The van der Waals surface area contributed by atoms with E-state index in [9.17, 15) is 17.4 Å². The Morgan fingerprint density at radius 1 is 1.29 bits per heavy atom. The summed E-state index contributed by atoms with van der Waals surface area (Å²) in [5.74, 6) is 0.403. The first-order valence-electron chi connectivity index (χ1n) is 7.13. The van der Waals surface area contributed by atoms with Gasteiger partial charge in [0.2, 0.25) is 0 Å². The molecule has 0 amide bonds. The van der Waals surface area contributed by atoms with Crippen molar-refractivity contribution >= 4 is 10.8 Å². The average Bonchev–Trinajstić information content (AvgIpc) is 2.43. The van der Waals surface area contributed by atoms with Gasteiger partial charge < -0.3 is 5.32 Å². The third kappa shape index (κ3) is 6.61. The fourth-order valence-corrected chi connectivity index (χ4v) is 3.26. The minimum Gasteiger partial charge on any atom is -0.315 e. The second kappa shape index (κ2) is 8.54. The van der Waals surface area contributed by atoms with Crippen LogP contribution in [-0.2, 0) is 17.0 Å². The van der Waals surface area contributed by atoms with Crippen LogP contribution >= 0.6 is 0 Å². The summed E-state index contributed by atoms with van der Waals surface area (Å²) in [6, 6.07) is 5.20. The molecule has 1 N–H and O–H groups in total. The van der Waals surface area contributed by atoms with Gasteiger partial charge in [0.15, 0.2) is 0 Å². The van der Waals surface area contributed by atoms with Gasteiger partial charge in [-0.25, -0.2) is 0 Å². The lowest BCUT2D eigenvalue weighted by atomic mass is 10.1. The molecule has 0 aliphatic carbocycles. The monoisotopic (exact) mass is 321 g/mol. The average molecular weight is 321 g/mol. The van der Waals surface area contributed by atoms with Crippen LogP contribution in [0, 0.1) is 0 Å². The molecule has 120 valence electrons. The Kier molecular flexibility index (Phi) is 7.39. The Morgan fingerprint density at radius 3 is 2.62 bits per heavy atom. The molecule has 2 atom stereocenters. The van der Waals surface area contributed by atoms with Gasteiger partial charge in [-0.15, -0.1) is 0 Å². The highest BCUT2D eigenvalue weighted by Gasteiger charge is 2.30. The minimum absolute atomic E-state index is 0.254.